The molecule has 1 aromatic rings. The molecule has 0 aliphatic heterocycles. The van der Waals surface area contributed by atoms with Gasteiger partial charge < -0.3 is 10.6 Å². The SMILES string of the molecule is C[C@H](N)C(=O)N(C)Cc1ccccc1[N+](=O)[O-]. The molecule has 0 aliphatic rings. The van der Waals surface area contributed by atoms with Crippen molar-refractivity contribution < 1.29 is 9.72 Å². The average Bonchev–Trinajstić information content (AvgIpc) is 2.28. The fraction of sp³-hybridized carbons (Fsp3) is 0.364. The number of hydrogen-bond acceptors (Lipinski definition) is 4. The van der Waals surface area contributed by atoms with E-state index in [9.17, 15) is 14.9 Å². The second-order valence-corrected chi connectivity index (χ2v) is 3.87. The molecule has 0 unspecified atom stereocenters. The van der Waals surface area contributed by atoms with Gasteiger partial charge >= 0.3 is 0 Å². The minimum Gasteiger partial charge on any atom is -0.340 e. The van der Waals surface area contributed by atoms with Gasteiger partial charge in [-0.1, -0.05) is 18.2 Å². The number of likely N-dealkylation sites (N-methyl/N-ethyl adjacent to an activating group) is 1. The molecule has 0 aliphatic carbocycles. The third-order valence-electron chi connectivity index (χ3n) is 2.36. The topological polar surface area (TPSA) is 89.5 Å². The zero-order chi connectivity index (χ0) is 13.0. The summed E-state index contributed by atoms with van der Waals surface area (Å²) in [5.74, 6) is -0.247. The van der Waals surface area contributed by atoms with E-state index in [1.54, 1.807) is 32.2 Å². The second kappa shape index (κ2) is 5.40. The summed E-state index contributed by atoms with van der Waals surface area (Å²) in [6.07, 6.45) is 0. The second-order valence-electron chi connectivity index (χ2n) is 3.87. The molecule has 0 bridgehead atoms. The van der Waals surface area contributed by atoms with E-state index in [0.29, 0.717) is 5.56 Å². The number of para-hydroxylation sites is 1. The number of nitro benzene ring substituents is 1. The van der Waals surface area contributed by atoms with E-state index in [-0.39, 0.29) is 18.1 Å². The van der Waals surface area contributed by atoms with Gasteiger partial charge in [0.25, 0.3) is 5.69 Å². The molecule has 0 radical (unpaired) electrons. The van der Waals surface area contributed by atoms with Crippen LogP contribution in [0.3, 0.4) is 0 Å². The lowest BCUT2D eigenvalue weighted by atomic mass is 10.1. The zero-order valence-corrected chi connectivity index (χ0v) is 9.79. The van der Waals surface area contributed by atoms with Crippen LogP contribution < -0.4 is 5.73 Å². The number of nitrogens with zero attached hydrogens (tertiary/aromatic N) is 2. The fourth-order valence-corrected chi connectivity index (χ4v) is 1.50. The van der Waals surface area contributed by atoms with E-state index in [1.165, 1.54) is 11.0 Å². The summed E-state index contributed by atoms with van der Waals surface area (Å²) in [4.78, 5) is 23.3. The van der Waals surface area contributed by atoms with Crippen LogP contribution in [0.25, 0.3) is 0 Å². The molecular formula is C11H15N3O3. The Kier molecular flexibility index (Phi) is 4.17. The molecule has 1 aromatic carbocycles. The minimum absolute atomic E-state index is 0.0109. The number of hydrogen-bond donors (Lipinski definition) is 1. The summed E-state index contributed by atoms with van der Waals surface area (Å²) >= 11 is 0. The van der Waals surface area contributed by atoms with E-state index in [4.69, 9.17) is 5.73 Å². The van der Waals surface area contributed by atoms with Crippen LogP contribution in [0, 0.1) is 10.1 Å². The van der Waals surface area contributed by atoms with Gasteiger partial charge in [-0.15, -0.1) is 0 Å². The number of amides is 1. The molecule has 17 heavy (non-hydrogen) atoms. The first-order valence-corrected chi connectivity index (χ1v) is 5.16. The number of nitrogens with two attached hydrogens (primary N) is 1. The number of carbonyl (C=O) groups excluding carboxylic acids is 1. The smallest absolute Gasteiger partial charge is 0.274 e. The normalized spacial score (nSPS) is 11.9. The van der Waals surface area contributed by atoms with E-state index in [0.717, 1.165) is 0 Å². The predicted molar refractivity (Wildman–Crippen MR) is 63.2 cm³/mol. The Morgan fingerprint density at radius 2 is 2.12 bits per heavy atom. The third-order valence-corrected chi connectivity index (χ3v) is 2.36. The summed E-state index contributed by atoms with van der Waals surface area (Å²) in [7, 11) is 1.57. The highest BCUT2D eigenvalue weighted by atomic mass is 16.6. The van der Waals surface area contributed by atoms with Gasteiger partial charge in [0, 0.05) is 18.7 Å². The van der Waals surface area contributed by atoms with Crippen molar-refractivity contribution in [1.29, 1.82) is 0 Å². The Balaban J connectivity index is 2.88. The molecule has 0 saturated heterocycles. The lowest BCUT2D eigenvalue weighted by Gasteiger charge is -2.19. The maximum Gasteiger partial charge on any atom is 0.274 e. The molecular weight excluding hydrogens is 222 g/mol. The van der Waals surface area contributed by atoms with Crippen molar-refractivity contribution in [3.05, 3.63) is 39.9 Å². The molecule has 1 amide bonds. The molecule has 6 heteroatoms. The lowest BCUT2D eigenvalue weighted by Crippen LogP contribution is -2.39. The summed E-state index contributed by atoms with van der Waals surface area (Å²) < 4.78 is 0. The van der Waals surface area contributed by atoms with E-state index in [2.05, 4.69) is 0 Å². The van der Waals surface area contributed by atoms with Crippen molar-refractivity contribution in [2.45, 2.75) is 19.5 Å². The molecule has 0 heterocycles. The summed E-state index contributed by atoms with van der Waals surface area (Å²) in [6, 6.07) is 5.73. The fourth-order valence-electron chi connectivity index (χ4n) is 1.50. The van der Waals surface area contributed by atoms with Crippen LogP contribution in [0.4, 0.5) is 5.69 Å². The van der Waals surface area contributed by atoms with Gasteiger partial charge in [0.2, 0.25) is 5.91 Å². The Hall–Kier alpha value is -1.95. The first kappa shape index (κ1) is 13.1. The van der Waals surface area contributed by atoms with Crippen molar-refractivity contribution >= 4 is 11.6 Å². The van der Waals surface area contributed by atoms with Crippen molar-refractivity contribution in [3.63, 3.8) is 0 Å². The number of carbonyl (C=O) groups is 1. The third kappa shape index (κ3) is 3.25. The highest BCUT2D eigenvalue weighted by molar-refractivity contribution is 5.81. The molecule has 1 atom stereocenters. The van der Waals surface area contributed by atoms with Crippen LogP contribution in [0.2, 0.25) is 0 Å². The maximum atomic E-state index is 11.6. The van der Waals surface area contributed by atoms with Crippen molar-refractivity contribution in [1.82, 2.24) is 4.90 Å². The minimum atomic E-state index is -0.609. The summed E-state index contributed by atoms with van der Waals surface area (Å²) in [5, 5.41) is 10.8. The van der Waals surface area contributed by atoms with E-state index in [1.807, 2.05) is 0 Å². The monoisotopic (exact) mass is 237 g/mol. The Morgan fingerprint density at radius 1 is 1.53 bits per heavy atom. The molecule has 0 fully saturated rings. The van der Waals surface area contributed by atoms with Crippen LogP contribution in [0.5, 0.6) is 0 Å². The summed E-state index contributed by atoms with van der Waals surface area (Å²) in [5.41, 5.74) is 5.97. The Morgan fingerprint density at radius 3 is 2.65 bits per heavy atom. The maximum absolute atomic E-state index is 11.6. The number of nitro groups is 1. The highest BCUT2D eigenvalue weighted by Gasteiger charge is 2.18. The van der Waals surface area contributed by atoms with Crippen LogP contribution in [0.1, 0.15) is 12.5 Å². The molecule has 92 valence electrons. The molecule has 2 N–H and O–H groups in total. The molecule has 6 nitrogen and oxygen atoms in total. The molecule has 0 aromatic heterocycles. The predicted octanol–water partition coefficient (Wildman–Crippen LogP) is 0.900. The van der Waals surface area contributed by atoms with E-state index < -0.39 is 11.0 Å². The van der Waals surface area contributed by atoms with Gasteiger partial charge in [0.15, 0.2) is 0 Å². The molecule has 0 spiro atoms. The standard InChI is InChI=1S/C11H15N3O3/c1-8(12)11(15)13(2)7-9-5-3-4-6-10(9)14(16)17/h3-6,8H,7,12H2,1-2H3/t8-/m0/s1. The average molecular weight is 237 g/mol. The highest BCUT2D eigenvalue weighted by Crippen LogP contribution is 2.19. The van der Waals surface area contributed by atoms with Gasteiger partial charge in [0.1, 0.15) is 0 Å². The van der Waals surface area contributed by atoms with Crippen LogP contribution in [-0.2, 0) is 11.3 Å². The van der Waals surface area contributed by atoms with Crippen LogP contribution in [-0.4, -0.2) is 28.8 Å². The number of rotatable bonds is 4. The Labute approximate surface area is 99.2 Å². The first-order chi connectivity index (χ1) is 7.93. The molecule has 0 saturated carbocycles. The van der Waals surface area contributed by atoms with Crippen molar-refractivity contribution in [2.75, 3.05) is 7.05 Å². The lowest BCUT2D eigenvalue weighted by molar-refractivity contribution is -0.385. The van der Waals surface area contributed by atoms with Gasteiger partial charge in [-0.3, -0.25) is 14.9 Å². The van der Waals surface area contributed by atoms with Crippen molar-refractivity contribution in [2.24, 2.45) is 5.73 Å². The van der Waals surface area contributed by atoms with Gasteiger partial charge in [-0.2, -0.15) is 0 Å². The van der Waals surface area contributed by atoms with Crippen LogP contribution >= 0.6 is 0 Å². The van der Waals surface area contributed by atoms with E-state index >= 15 is 0 Å². The van der Waals surface area contributed by atoms with Gasteiger partial charge in [-0.05, 0) is 6.92 Å². The largest absolute Gasteiger partial charge is 0.340 e. The van der Waals surface area contributed by atoms with Gasteiger partial charge in [0.05, 0.1) is 17.5 Å². The van der Waals surface area contributed by atoms with Gasteiger partial charge in [-0.25, -0.2) is 0 Å². The number of benzene rings is 1. The first-order valence-electron chi connectivity index (χ1n) is 5.16. The zero-order valence-electron chi connectivity index (χ0n) is 9.79. The Bertz CT molecular complexity index is 432. The quantitative estimate of drug-likeness (QED) is 0.622. The molecule has 1 rings (SSSR count). The van der Waals surface area contributed by atoms with Crippen LogP contribution in [0.15, 0.2) is 24.3 Å². The van der Waals surface area contributed by atoms with Crippen molar-refractivity contribution in [3.8, 4) is 0 Å². The summed E-state index contributed by atoms with van der Waals surface area (Å²) in [6.45, 7) is 1.76.